The Morgan fingerprint density at radius 1 is 1.20 bits per heavy atom. The van der Waals surface area contributed by atoms with Gasteiger partial charge >= 0.3 is 0 Å². The fourth-order valence-electron chi connectivity index (χ4n) is 2.09. The van der Waals surface area contributed by atoms with Crippen molar-refractivity contribution in [1.29, 1.82) is 0 Å². The van der Waals surface area contributed by atoms with E-state index in [0.29, 0.717) is 16.2 Å². The van der Waals surface area contributed by atoms with Crippen LogP contribution in [0.2, 0.25) is 5.02 Å². The minimum Gasteiger partial charge on any atom is -0.508 e. The molecule has 0 radical (unpaired) electrons. The highest BCUT2D eigenvalue weighted by Gasteiger charge is 2.24. The summed E-state index contributed by atoms with van der Waals surface area (Å²) in [7, 11) is 0. The summed E-state index contributed by atoms with van der Waals surface area (Å²) < 4.78 is 1.06. The lowest BCUT2D eigenvalue weighted by atomic mass is 10.0. The van der Waals surface area contributed by atoms with Gasteiger partial charge < -0.3 is 10.4 Å². The van der Waals surface area contributed by atoms with Crippen LogP contribution in [0.1, 0.15) is 11.1 Å². The summed E-state index contributed by atoms with van der Waals surface area (Å²) in [6, 6.07) is 10.5. The summed E-state index contributed by atoms with van der Waals surface area (Å²) in [5.74, 6) is -0.0471. The molecular formula is C15H9ClINO2. The molecule has 2 aromatic carbocycles. The third-order valence-electron chi connectivity index (χ3n) is 3.05. The molecule has 0 aromatic heterocycles. The minimum absolute atomic E-state index is 0.1000. The Morgan fingerprint density at radius 3 is 2.75 bits per heavy atom. The van der Waals surface area contributed by atoms with E-state index < -0.39 is 0 Å². The molecule has 20 heavy (non-hydrogen) atoms. The molecule has 0 atom stereocenters. The molecule has 100 valence electrons. The zero-order valence-corrected chi connectivity index (χ0v) is 13.1. The Balaban J connectivity index is 2.13. The van der Waals surface area contributed by atoms with E-state index in [1.54, 1.807) is 18.2 Å². The lowest BCUT2D eigenvalue weighted by molar-refractivity contribution is -0.110. The summed E-state index contributed by atoms with van der Waals surface area (Å²) >= 11 is 8.28. The number of amides is 1. The topological polar surface area (TPSA) is 49.3 Å². The fourth-order valence-corrected chi connectivity index (χ4v) is 2.81. The predicted octanol–water partition coefficient (Wildman–Crippen LogP) is 4.14. The third kappa shape index (κ3) is 2.41. The number of rotatable bonds is 1. The monoisotopic (exact) mass is 397 g/mol. The number of hydrogen-bond acceptors (Lipinski definition) is 2. The van der Waals surface area contributed by atoms with Gasteiger partial charge in [0.05, 0.1) is 5.02 Å². The van der Waals surface area contributed by atoms with Gasteiger partial charge in [-0.2, -0.15) is 0 Å². The number of carbonyl (C=O) groups excluding carboxylic acids is 1. The van der Waals surface area contributed by atoms with E-state index in [2.05, 4.69) is 27.9 Å². The largest absolute Gasteiger partial charge is 0.508 e. The van der Waals surface area contributed by atoms with E-state index in [4.69, 9.17) is 11.6 Å². The van der Waals surface area contributed by atoms with Crippen LogP contribution in [-0.4, -0.2) is 11.0 Å². The number of hydrogen-bond donors (Lipinski definition) is 2. The number of phenolic OH excluding ortho intramolecular Hbond substituents is 1. The van der Waals surface area contributed by atoms with Crippen molar-refractivity contribution in [3.8, 4) is 5.75 Å². The molecule has 1 aliphatic rings. The second-order valence-corrected chi connectivity index (χ2v) is 6.06. The van der Waals surface area contributed by atoms with Crippen molar-refractivity contribution >= 4 is 57.4 Å². The Bertz CT molecular complexity index is 756. The van der Waals surface area contributed by atoms with E-state index in [9.17, 15) is 9.90 Å². The number of benzene rings is 2. The van der Waals surface area contributed by atoms with Crippen molar-refractivity contribution in [2.24, 2.45) is 0 Å². The van der Waals surface area contributed by atoms with Crippen molar-refractivity contribution in [3.63, 3.8) is 0 Å². The average Bonchev–Trinajstić information content (AvgIpc) is 2.69. The van der Waals surface area contributed by atoms with Crippen LogP contribution in [0.25, 0.3) is 11.6 Å². The van der Waals surface area contributed by atoms with Crippen molar-refractivity contribution in [1.82, 2.24) is 0 Å². The standard InChI is InChI=1S/C15H9ClINO2/c16-13-7-10(19)3-1-8(13)5-12-11-6-9(17)2-4-14(11)18-15(12)20/h1-7,19H,(H,18,20). The van der Waals surface area contributed by atoms with Crippen LogP contribution in [0.5, 0.6) is 5.75 Å². The SMILES string of the molecule is O=C1Nc2ccc(I)cc2C1=Cc1ccc(O)cc1Cl. The summed E-state index contributed by atoms with van der Waals surface area (Å²) in [5, 5.41) is 12.6. The molecular weight excluding hydrogens is 389 g/mol. The van der Waals surface area contributed by atoms with Gasteiger partial charge in [-0.05, 0) is 70.6 Å². The van der Waals surface area contributed by atoms with Crippen molar-refractivity contribution in [2.75, 3.05) is 5.32 Å². The molecule has 2 aromatic rings. The van der Waals surface area contributed by atoms with Gasteiger partial charge in [-0.25, -0.2) is 0 Å². The first-order chi connectivity index (χ1) is 9.54. The van der Waals surface area contributed by atoms with Gasteiger partial charge in [0.15, 0.2) is 0 Å². The van der Waals surface area contributed by atoms with E-state index >= 15 is 0 Å². The molecule has 1 amide bonds. The first-order valence-electron chi connectivity index (χ1n) is 5.86. The van der Waals surface area contributed by atoms with Gasteiger partial charge in [0, 0.05) is 20.4 Å². The Hall–Kier alpha value is -1.53. The molecule has 0 fully saturated rings. The van der Waals surface area contributed by atoms with E-state index in [-0.39, 0.29) is 11.7 Å². The molecule has 3 nitrogen and oxygen atoms in total. The molecule has 0 bridgehead atoms. The van der Waals surface area contributed by atoms with Gasteiger partial charge in [0.2, 0.25) is 0 Å². The molecule has 1 aliphatic heterocycles. The van der Waals surface area contributed by atoms with Crippen molar-refractivity contribution in [3.05, 3.63) is 56.1 Å². The minimum atomic E-state index is -0.147. The van der Waals surface area contributed by atoms with Gasteiger partial charge in [-0.15, -0.1) is 0 Å². The van der Waals surface area contributed by atoms with Crippen molar-refractivity contribution in [2.45, 2.75) is 0 Å². The normalized spacial score (nSPS) is 15.3. The molecule has 0 unspecified atom stereocenters. The number of phenols is 1. The highest BCUT2D eigenvalue weighted by atomic mass is 127. The molecule has 2 N–H and O–H groups in total. The first kappa shape index (κ1) is 13.5. The van der Waals surface area contributed by atoms with Crippen LogP contribution < -0.4 is 5.32 Å². The second-order valence-electron chi connectivity index (χ2n) is 4.41. The van der Waals surface area contributed by atoms with Gasteiger partial charge in [-0.1, -0.05) is 11.6 Å². The fraction of sp³-hybridized carbons (Fsp3) is 0. The maximum atomic E-state index is 12.1. The predicted molar refractivity (Wildman–Crippen MR) is 88.8 cm³/mol. The summed E-state index contributed by atoms with van der Waals surface area (Å²) in [5.41, 5.74) is 2.94. The van der Waals surface area contributed by atoms with Crippen LogP contribution in [0.3, 0.4) is 0 Å². The maximum Gasteiger partial charge on any atom is 0.256 e. The number of aromatic hydroxyl groups is 1. The molecule has 3 rings (SSSR count). The third-order valence-corrected chi connectivity index (χ3v) is 4.05. The van der Waals surface area contributed by atoms with Crippen molar-refractivity contribution < 1.29 is 9.90 Å². The summed E-state index contributed by atoms with van der Waals surface area (Å²) in [6.07, 6.45) is 1.74. The lowest BCUT2D eigenvalue weighted by Crippen LogP contribution is -2.03. The Kier molecular flexibility index (Phi) is 3.43. The van der Waals surface area contributed by atoms with Crippen LogP contribution in [0.4, 0.5) is 5.69 Å². The number of nitrogens with one attached hydrogen (secondary N) is 1. The van der Waals surface area contributed by atoms with Gasteiger partial charge in [-0.3, -0.25) is 4.79 Å². The Morgan fingerprint density at radius 2 is 2.00 bits per heavy atom. The quantitative estimate of drug-likeness (QED) is 0.561. The van der Waals surface area contributed by atoms with Gasteiger partial charge in [0.1, 0.15) is 5.75 Å². The molecule has 0 spiro atoms. The number of halogens is 2. The molecule has 0 saturated heterocycles. The van der Waals surface area contributed by atoms with E-state index in [1.165, 1.54) is 6.07 Å². The van der Waals surface area contributed by atoms with Crippen LogP contribution in [0, 0.1) is 3.57 Å². The van der Waals surface area contributed by atoms with E-state index in [0.717, 1.165) is 14.8 Å². The number of carbonyl (C=O) groups is 1. The highest BCUT2D eigenvalue weighted by Crippen LogP contribution is 2.35. The second kappa shape index (κ2) is 5.10. The molecule has 1 heterocycles. The molecule has 0 saturated carbocycles. The highest BCUT2D eigenvalue weighted by molar-refractivity contribution is 14.1. The van der Waals surface area contributed by atoms with Gasteiger partial charge in [0.25, 0.3) is 5.91 Å². The smallest absolute Gasteiger partial charge is 0.256 e. The zero-order chi connectivity index (χ0) is 14.3. The average molecular weight is 398 g/mol. The first-order valence-corrected chi connectivity index (χ1v) is 7.32. The number of fused-ring (bicyclic) bond motifs is 1. The summed E-state index contributed by atoms with van der Waals surface area (Å²) in [4.78, 5) is 12.1. The maximum absolute atomic E-state index is 12.1. The molecule has 5 heteroatoms. The van der Waals surface area contributed by atoms with Crippen LogP contribution in [-0.2, 0) is 4.79 Å². The molecule has 0 aliphatic carbocycles. The Labute approximate surface area is 134 Å². The number of anilines is 1. The van der Waals surface area contributed by atoms with Crippen LogP contribution >= 0.6 is 34.2 Å². The summed E-state index contributed by atoms with van der Waals surface area (Å²) in [6.45, 7) is 0. The van der Waals surface area contributed by atoms with E-state index in [1.807, 2.05) is 18.2 Å². The zero-order valence-electron chi connectivity index (χ0n) is 10.2. The van der Waals surface area contributed by atoms with Crippen LogP contribution in [0.15, 0.2) is 36.4 Å². The lowest BCUT2D eigenvalue weighted by Gasteiger charge is -2.02.